The van der Waals surface area contributed by atoms with Crippen LogP contribution in [-0.2, 0) is 0 Å². The molecule has 0 spiro atoms. The Bertz CT molecular complexity index is 817. The normalized spacial score (nSPS) is 47.3. The molecule has 5 aliphatic carbocycles. The molecule has 0 aromatic carbocycles. The summed E-state index contributed by atoms with van der Waals surface area (Å²) in [5, 5.41) is 22.4. The molecule has 0 aromatic rings. The molecule has 0 bridgehead atoms. The van der Waals surface area contributed by atoms with E-state index in [0.29, 0.717) is 16.2 Å². The third-order valence-electron chi connectivity index (χ3n) is 13.3. The standard InChI is InChI=1S/C33H56O2/c1-7-32(34)21-18-30(5)24(22-32)8-9-25-27-11-10-26(31(27,6)14-13-28(25)30)23(2)12-15-33(35)19-16-29(3,4)17-20-33/h8,23,25-28,34-35H,7,9-22H2,1-6H3/t23-,25+,26-,27+,28+,30+,31-,32+/m1/s1. The fourth-order valence-electron chi connectivity index (χ4n) is 10.3. The molecule has 0 aliphatic heterocycles. The van der Waals surface area contributed by atoms with E-state index >= 15 is 0 Å². The van der Waals surface area contributed by atoms with E-state index in [4.69, 9.17) is 0 Å². The summed E-state index contributed by atoms with van der Waals surface area (Å²) in [6.45, 7) is 14.6. The van der Waals surface area contributed by atoms with E-state index in [1.807, 2.05) is 0 Å². The van der Waals surface area contributed by atoms with Crippen molar-refractivity contribution >= 4 is 0 Å². The highest BCUT2D eigenvalue weighted by molar-refractivity contribution is 5.27. The molecule has 0 aromatic heterocycles. The molecule has 0 heterocycles. The quantitative estimate of drug-likeness (QED) is 0.384. The number of allylic oxidation sites excluding steroid dienone is 1. The average Bonchev–Trinajstić information content (AvgIpc) is 3.18. The maximum atomic E-state index is 11.3. The highest BCUT2D eigenvalue weighted by Gasteiger charge is 2.59. The van der Waals surface area contributed by atoms with Crippen molar-refractivity contribution < 1.29 is 10.2 Å². The maximum Gasteiger partial charge on any atom is 0.0682 e. The number of hydrogen-bond acceptors (Lipinski definition) is 2. The van der Waals surface area contributed by atoms with Gasteiger partial charge in [0.15, 0.2) is 0 Å². The van der Waals surface area contributed by atoms with Gasteiger partial charge in [0.25, 0.3) is 0 Å². The zero-order chi connectivity index (χ0) is 25.3. The van der Waals surface area contributed by atoms with Crippen LogP contribution in [0.15, 0.2) is 11.6 Å². The first kappa shape index (κ1) is 26.3. The summed E-state index contributed by atoms with van der Waals surface area (Å²) >= 11 is 0. The molecular formula is C33H56O2. The average molecular weight is 485 g/mol. The molecule has 2 N–H and O–H groups in total. The molecule has 0 saturated heterocycles. The molecule has 35 heavy (non-hydrogen) atoms. The first-order chi connectivity index (χ1) is 16.3. The fourth-order valence-corrected chi connectivity index (χ4v) is 10.3. The van der Waals surface area contributed by atoms with Gasteiger partial charge in [-0.05, 0) is 142 Å². The highest BCUT2D eigenvalue weighted by atomic mass is 16.3. The lowest BCUT2D eigenvalue weighted by molar-refractivity contribution is -0.0776. The van der Waals surface area contributed by atoms with Crippen molar-refractivity contribution in [2.24, 2.45) is 45.8 Å². The Kier molecular flexibility index (Phi) is 6.65. The first-order valence-electron chi connectivity index (χ1n) is 15.5. The van der Waals surface area contributed by atoms with Gasteiger partial charge in [0.05, 0.1) is 11.2 Å². The van der Waals surface area contributed by atoms with Crippen molar-refractivity contribution in [3.05, 3.63) is 11.6 Å². The zero-order valence-corrected chi connectivity index (χ0v) is 24.0. The summed E-state index contributed by atoms with van der Waals surface area (Å²) in [5.41, 5.74) is 1.98. The Balaban J connectivity index is 1.26. The maximum absolute atomic E-state index is 11.3. The van der Waals surface area contributed by atoms with E-state index in [1.54, 1.807) is 5.57 Å². The van der Waals surface area contributed by atoms with E-state index in [-0.39, 0.29) is 0 Å². The van der Waals surface area contributed by atoms with Gasteiger partial charge in [-0.2, -0.15) is 0 Å². The minimum absolute atomic E-state index is 0.327. The summed E-state index contributed by atoms with van der Waals surface area (Å²) < 4.78 is 0. The smallest absolute Gasteiger partial charge is 0.0682 e. The highest BCUT2D eigenvalue weighted by Crippen LogP contribution is 2.68. The topological polar surface area (TPSA) is 40.5 Å². The third kappa shape index (κ3) is 4.49. The Morgan fingerprint density at radius 3 is 2.23 bits per heavy atom. The zero-order valence-electron chi connectivity index (χ0n) is 24.0. The molecule has 0 unspecified atom stereocenters. The van der Waals surface area contributed by atoms with Crippen LogP contribution in [0.2, 0.25) is 0 Å². The molecule has 4 saturated carbocycles. The van der Waals surface area contributed by atoms with E-state index in [0.717, 1.165) is 68.1 Å². The molecule has 8 atom stereocenters. The van der Waals surface area contributed by atoms with Crippen molar-refractivity contribution in [2.75, 3.05) is 0 Å². The molecule has 5 rings (SSSR count). The van der Waals surface area contributed by atoms with Gasteiger partial charge in [-0.25, -0.2) is 0 Å². The van der Waals surface area contributed by atoms with Crippen LogP contribution in [0.4, 0.5) is 0 Å². The van der Waals surface area contributed by atoms with Gasteiger partial charge in [-0.3, -0.25) is 0 Å². The molecule has 200 valence electrons. The number of aliphatic hydroxyl groups is 2. The number of fused-ring (bicyclic) bond motifs is 5. The molecule has 0 amide bonds. The second kappa shape index (κ2) is 8.86. The van der Waals surface area contributed by atoms with E-state index in [9.17, 15) is 10.2 Å². The van der Waals surface area contributed by atoms with Crippen molar-refractivity contribution in [1.82, 2.24) is 0 Å². The van der Waals surface area contributed by atoms with Crippen molar-refractivity contribution in [3.63, 3.8) is 0 Å². The summed E-state index contributed by atoms with van der Waals surface area (Å²) in [5.74, 6) is 4.08. The van der Waals surface area contributed by atoms with Crippen LogP contribution in [0.3, 0.4) is 0 Å². The molecule has 2 nitrogen and oxygen atoms in total. The molecule has 4 fully saturated rings. The lowest BCUT2D eigenvalue weighted by Crippen LogP contribution is -2.52. The second-order valence-electron chi connectivity index (χ2n) is 15.6. The van der Waals surface area contributed by atoms with Crippen LogP contribution < -0.4 is 0 Å². The van der Waals surface area contributed by atoms with Gasteiger partial charge in [0.1, 0.15) is 0 Å². The summed E-state index contributed by atoms with van der Waals surface area (Å²) in [6.07, 6.45) is 20.0. The summed E-state index contributed by atoms with van der Waals surface area (Å²) in [6, 6.07) is 0. The SMILES string of the molecule is CC[C@]1(O)CC[C@@]2(C)C(=CC[C@H]3[C@@H]4CC[C@H]([C@H](C)CCC5(O)CCC(C)(C)CC5)[C@@]4(C)CC[C@@H]32)C1. The van der Waals surface area contributed by atoms with Gasteiger partial charge in [0, 0.05) is 0 Å². The molecule has 0 radical (unpaired) electrons. The van der Waals surface area contributed by atoms with Crippen LogP contribution in [-0.4, -0.2) is 21.4 Å². The Morgan fingerprint density at radius 2 is 1.54 bits per heavy atom. The fraction of sp³-hybridized carbons (Fsp3) is 0.939. The number of rotatable bonds is 5. The third-order valence-corrected chi connectivity index (χ3v) is 13.3. The van der Waals surface area contributed by atoms with Crippen LogP contribution in [0.1, 0.15) is 138 Å². The molecular weight excluding hydrogens is 428 g/mol. The lowest BCUT2D eigenvalue weighted by Gasteiger charge is -2.59. The van der Waals surface area contributed by atoms with E-state index < -0.39 is 11.2 Å². The van der Waals surface area contributed by atoms with Crippen LogP contribution in [0, 0.1) is 45.8 Å². The van der Waals surface area contributed by atoms with Crippen LogP contribution >= 0.6 is 0 Å². The molecule has 2 heteroatoms. The Hall–Kier alpha value is -0.340. The predicted molar refractivity (Wildman–Crippen MR) is 146 cm³/mol. The van der Waals surface area contributed by atoms with Gasteiger partial charge >= 0.3 is 0 Å². The summed E-state index contributed by atoms with van der Waals surface area (Å²) in [7, 11) is 0. The van der Waals surface area contributed by atoms with E-state index in [1.165, 1.54) is 57.8 Å². The molecule has 5 aliphatic rings. The van der Waals surface area contributed by atoms with Gasteiger partial charge in [-0.1, -0.05) is 53.2 Å². The van der Waals surface area contributed by atoms with Gasteiger partial charge in [-0.15, -0.1) is 0 Å². The second-order valence-corrected chi connectivity index (χ2v) is 15.6. The summed E-state index contributed by atoms with van der Waals surface area (Å²) in [4.78, 5) is 0. The monoisotopic (exact) mass is 484 g/mol. The number of hydrogen-bond donors (Lipinski definition) is 2. The van der Waals surface area contributed by atoms with Gasteiger partial charge < -0.3 is 10.2 Å². The minimum Gasteiger partial charge on any atom is -0.390 e. The van der Waals surface area contributed by atoms with Crippen molar-refractivity contribution in [2.45, 2.75) is 149 Å². The van der Waals surface area contributed by atoms with Crippen LogP contribution in [0.25, 0.3) is 0 Å². The minimum atomic E-state index is -0.451. The van der Waals surface area contributed by atoms with Crippen molar-refractivity contribution in [3.8, 4) is 0 Å². The van der Waals surface area contributed by atoms with Crippen LogP contribution in [0.5, 0.6) is 0 Å². The predicted octanol–water partition coefficient (Wildman–Crippen LogP) is 8.45. The Labute approximate surface area is 216 Å². The van der Waals surface area contributed by atoms with Crippen molar-refractivity contribution in [1.29, 1.82) is 0 Å². The largest absolute Gasteiger partial charge is 0.390 e. The van der Waals surface area contributed by atoms with E-state index in [2.05, 4.69) is 47.6 Å². The lowest BCUT2D eigenvalue weighted by atomic mass is 9.46. The van der Waals surface area contributed by atoms with Gasteiger partial charge in [0.2, 0.25) is 0 Å². The Morgan fingerprint density at radius 1 is 0.857 bits per heavy atom. The first-order valence-corrected chi connectivity index (χ1v) is 15.5.